The molecule has 0 bridgehead atoms. The van der Waals surface area contributed by atoms with Gasteiger partial charge in [0.2, 0.25) is 0 Å². The minimum absolute atomic E-state index is 0.371. The van der Waals surface area contributed by atoms with Crippen LogP contribution in [0.1, 0.15) is 32.1 Å². The van der Waals surface area contributed by atoms with Gasteiger partial charge in [0.05, 0.1) is 13.7 Å². The van der Waals surface area contributed by atoms with Crippen molar-refractivity contribution in [1.29, 1.82) is 0 Å². The third-order valence-electron chi connectivity index (χ3n) is 3.01. The molecule has 2 rings (SSSR count). The molecule has 0 fully saturated rings. The topological polar surface area (TPSA) is 57.4 Å². The zero-order valence-electron chi connectivity index (χ0n) is 13.0. The lowest BCUT2D eigenvalue weighted by atomic mass is 10.1. The van der Waals surface area contributed by atoms with Gasteiger partial charge < -0.3 is 15.2 Å². The van der Waals surface area contributed by atoms with Gasteiger partial charge in [-0.05, 0) is 38.5 Å². The molecule has 0 radical (unpaired) electrons. The number of aromatic nitrogens is 1. The van der Waals surface area contributed by atoms with Crippen LogP contribution >= 0.6 is 11.3 Å². The second kappa shape index (κ2) is 6.45. The van der Waals surface area contributed by atoms with Gasteiger partial charge in [-0.2, -0.15) is 0 Å². The molecular formula is C16H22N2O2S. The summed E-state index contributed by atoms with van der Waals surface area (Å²) in [5.41, 5.74) is 6.76. The van der Waals surface area contributed by atoms with Crippen LogP contribution in [-0.2, 0) is 5.54 Å². The number of nitrogens with zero attached hydrogens (tertiary/aromatic N) is 1. The van der Waals surface area contributed by atoms with E-state index in [-0.39, 0.29) is 5.54 Å². The summed E-state index contributed by atoms with van der Waals surface area (Å²) in [6.07, 6.45) is 2.80. The maximum atomic E-state index is 6.12. The molecule has 0 saturated heterocycles. The van der Waals surface area contributed by atoms with E-state index in [1.807, 2.05) is 38.2 Å². The van der Waals surface area contributed by atoms with E-state index in [1.165, 1.54) is 0 Å². The van der Waals surface area contributed by atoms with Crippen LogP contribution in [0.5, 0.6) is 11.5 Å². The maximum Gasteiger partial charge on any atom is 0.161 e. The number of benzene rings is 1. The first-order valence-electron chi connectivity index (χ1n) is 7.02. The Morgan fingerprint density at radius 3 is 2.62 bits per heavy atom. The van der Waals surface area contributed by atoms with Gasteiger partial charge in [-0.25, -0.2) is 4.98 Å². The fourth-order valence-corrected chi connectivity index (χ4v) is 2.77. The van der Waals surface area contributed by atoms with E-state index in [2.05, 4.69) is 11.9 Å². The van der Waals surface area contributed by atoms with Crippen LogP contribution in [0.25, 0.3) is 10.6 Å². The van der Waals surface area contributed by atoms with Gasteiger partial charge in [-0.3, -0.25) is 0 Å². The molecule has 0 amide bonds. The first-order chi connectivity index (χ1) is 9.95. The fraction of sp³-hybridized carbons (Fsp3) is 0.438. The monoisotopic (exact) mass is 306 g/mol. The molecule has 5 heteroatoms. The zero-order valence-corrected chi connectivity index (χ0v) is 13.8. The van der Waals surface area contributed by atoms with Crippen LogP contribution in [0, 0.1) is 0 Å². The Morgan fingerprint density at radius 2 is 2.05 bits per heavy atom. The van der Waals surface area contributed by atoms with Crippen molar-refractivity contribution < 1.29 is 9.47 Å². The molecule has 21 heavy (non-hydrogen) atoms. The predicted molar refractivity (Wildman–Crippen MR) is 87.1 cm³/mol. The largest absolute Gasteiger partial charge is 0.493 e. The molecule has 0 aliphatic carbocycles. The Hall–Kier alpha value is -1.59. The van der Waals surface area contributed by atoms with E-state index < -0.39 is 0 Å². The molecular weight excluding hydrogens is 284 g/mol. The number of methoxy groups -OCH3 is 1. The van der Waals surface area contributed by atoms with Crippen molar-refractivity contribution in [3.05, 3.63) is 29.3 Å². The first-order valence-corrected chi connectivity index (χ1v) is 7.83. The van der Waals surface area contributed by atoms with Crippen LogP contribution in [0.15, 0.2) is 24.4 Å². The molecule has 1 aromatic carbocycles. The van der Waals surface area contributed by atoms with Gasteiger partial charge in [0, 0.05) is 22.2 Å². The molecule has 1 aromatic heterocycles. The highest BCUT2D eigenvalue weighted by Crippen LogP contribution is 2.35. The average Bonchev–Trinajstić information content (AvgIpc) is 2.94. The number of nitrogens with two attached hydrogens (primary N) is 1. The Bertz CT molecular complexity index is 603. The van der Waals surface area contributed by atoms with Crippen molar-refractivity contribution >= 4 is 11.3 Å². The molecule has 1 heterocycles. The summed E-state index contributed by atoms with van der Waals surface area (Å²) in [5, 5.41) is 0.938. The molecule has 0 aliphatic heterocycles. The summed E-state index contributed by atoms with van der Waals surface area (Å²) < 4.78 is 11.1. The summed E-state index contributed by atoms with van der Waals surface area (Å²) in [4.78, 5) is 5.53. The van der Waals surface area contributed by atoms with Crippen LogP contribution in [0.2, 0.25) is 0 Å². The SMILES string of the molecule is CCCOc1cc(-c2ncc(C(C)(C)N)s2)ccc1OC. The molecule has 0 saturated carbocycles. The van der Waals surface area contributed by atoms with Crippen molar-refractivity contribution in [2.45, 2.75) is 32.7 Å². The van der Waals surface area contributed by atoms with Gasteiger partial charge in [-0.15, -0.1) is 11.3 Å². The average molecular weight is 306 g/mol. The van der Waals surface area contributed by atoms with E-state index >= 15 is 0 Å². The fourth-order valence-electron chi connectivity index (χ4n) is 1.84. The number of thiazole rings is 1. The highest BCUT2D eigenvalue weighted by Gasteiger charge is 2.18. The van der Waals surface area contributed by atoms with Crippen molar-refractivity contribution in [2.24, 2.45) is 5.73 Å². The summed E-state index contributed by atoms with van der Waals surface area (Å²) in [6, 6.07) is 5.87. The van der Waals surface area contributed by atoms with Gasteiger partial charge in [0.15, 0.2) is 11.5 Å². The Labute approximate surface area is 129 Å². The van der Waals surface area contributed by atoms with Crippen molar-refractivity contribution in [2.75, 3.05) is 13.7 Å². The molecule has 2 aromatic rings. The van der Waals surface area contributed by atoms with Gasteiger partial charge in [0.1, 0.15) is 5.01 Å². The van der Waals surface area contributed by atoms with Gasteiger partial charge in [-0.1, -0.05) is 6.92 Å². The minimum atomic E-state index is -0.371. The first kappa shape index (κ1) is 15.8. The quantitative estimate of drug-likeness (QED) is 0.882. The molecule has 2 N–H and O–H groups in total. The summed E-state index contributed by atoms with van der Waals surface area (Å²) in [5.74, 6) is 1.49. The van der Waals surface area contributed by atoms with E-state index in [9.17, 15) is 0 Å². The smallest absolute Gasteiger partial charge is 0.161 e. The van der Waals surface area contributed by atoms with E-state index in [1.54, 1.807) is 18.4 Å². The standard InChI is InChI=1S/C16H22N2O2S/c1-5-8-20-13-9-11(6-7-12(13)19-4)15-18-10-14(21-15)16(2,3)17/h6-7,9-10H,5,8,17H2,1-4H3. The summed E-state index contributed by atoms with van der Waals surface area (Å²) >= 11 is 1.61. The van der Waals surface area contributed by atoms with Crippen LogP contribution in [0.4, 0.5) is 0 Å². The second-order valence-corrected chi connectivity index (χ2v) is 6.50. The van der Waals surface area contributed by atoms with Gasteiger partial charge in [0.25, 0.3) is 0 Å². The van der Waals surface area contributed by atoms with E-state index in [0.29, 0.717) is 6.61 Å². The lowest BCUT2D eigenvalue weighted by Gasteiger charge is -2.14. The van der Waals surface area contributed by atoms with Crippen LogP contribution < -0.4 is 15.2 Å². The second-order valence-electron chi connectivity index (χ2n) is 5.47. The highest BCUT2D eigenvalue weighted by atomic mass is 32.1. The van der Waals surface area contributed by atoms with E-state index in [0.717, 1.165) is 33.4 Å². The number of rotatable bonds is 6. The van der Waals surface area contributed by atoms with Crippen molar-refractivity contribution in [3.8, 4) is 22.1 Å². The zero-order chi connectivity index (χ0) is 15.5. The predicted octanol–water partition coefficient (Wildman–Crippen LogP) is 3.80. The number of ether oxygens (including phenoxy) is 2. The van der Waals surface area contributed by atoms with Crippen molar-refractivity contribution in [1.82, 2.24) is 4.98 Å². The van der Waals surface area contributed by atoms with Gasteiger partial charge >= 0.3 is 0 Å². The Morgan fingerprint density at radius 1 is 1.29 bits per heavy atom. The normalized spacial score (nSPS) is 11.5. The lowest BCUT2D eigenvalue weighted by Crippen LogP contribution is -2.27. The lowest BCUT2D eigenvalue weighted by molar-refractivity contribution is 0.294. The maximum absolute atomic E-state index is 6.12. The molecule has 114 valence electrons. The van der Waals surface area contributed by atoms with Crippen LogP contribution in [0.3, 0.4) is 0 Å². The highest BCUT2D eigenvalue weighted by molar-refractivity contribution is 7.15. The molecule has 0 atom stereocenters. The number of hydrogen-bond acceptors (Lipinski definition) is 5. The molecule has 4 nitrogen and oxygen atoms in total. The van der Waals surface area contributed by atoms with Crippen LogP contribution in [-0.4, -0.2) is 18.7 Å². The molecule has 0 unspecified atom stereocenters. The molecule has 0 aliphatic rings. The van der Waals surface area contributed by atoms with E-state index in [4.69, 9.17) is 15.2 Å². The number of hydrogen-bond donors (Lipinski definition) is 1. The Kier molecular flexibility index (Phi) is 4.85. The minimum Gasteiger partial charge on any atom is -0.493 e. The third-order valence-corrected chi connectivity index (χ3v) is 4.40. The van der Waals surface area contributed by atoms with Crippen molar-refractivity contribution in [3.63, 3.8) is 0 Å². The summed E-state index contributed by atoms with van der Waals surface area (Å²) in [6.45, 7) is 6.70. The Balaban J connectivity index is 2.33. The summed E-state index contributed by atoms with van der Waals surface area (Å²) in [7, 11) is 1.65. The third kappa shape index (κ3) is 3.74. The molecule has 0 spiro atoms.